The number of likely N-dealkylation sites (N-methyl/N-ethyl adjacent to an activating group) is 1. The second kappa shape index (κ2) is 9.26. The van der Waals surface area contributed by atoms with E-state index in [9.17, 15) is 4.79 Å². The van der Waals surface area contributed by atoms with Crippen molar-refractivity contribution in [3.63, 3.8) is 0 Å². The van der Waals surface area contributed by atoms with Crippen molar-refractivity contribution in [3.8, 4) is 11.5 Å². The predicted octanol–water partition coefficient (Wildman–Crippen LogP) is 4.98. The molecule has 4 nitrogen and oxygen atoms in total. The van der Waals surface area contributed by atoms with E-state index >= 15 is 0 Å². The van der Waals surface area contributed by atoms with E-state index in [0.717, 1.165) is 23.5 Å². The van der Waals surface area contributed by atoms with Gasteiger partial charge in [0.05, 0.1) is 18.1 Å². The Morgan fingerprint density at radius 2 is 1.75 bits per heavy atom. The minimum absolute atomic E-state index is 0.0772. The second-order valence-corrected chi connectivity index (χ2v) is 8.33. The molecule has 0 bridgehead atoms. The summed E-state index contributed by atoms with van der Waals surface area (Å²) in [4.78, 5) is 14.3. The van der Waals surface area contributed by atoms with Gasteiger partial charge in [-0.05, 0) is 49.2 Å². The van der Waals surface area contributed by atoms with Crippen molar-refractivity contribution in [2.45, 2.75) is 20.3 Å². The van der Waals surface area contributed by atoms with Crippen LogP contribution in [0.1, 0.15) is 23.1 Å². The van der Waals surface area contributed by atoms with Crippen LogP contribution in [0.25, 0.3) is 6.08 Å². The molecule has 1 amide bonds. The van der Waals surface area contributed by atoms with Gasteiger partial charge in [0.25, 0.3) is 5.91 Å². The number of aryl methyl sites for hydroxylation is 2. The van der Waals surface area contributed by atoms with E-state index in [1.807, 2.05) is 42.5 Å². The molecule has 3 rings (SSSR count). The zero-order chi connectivity index (χ0) is 20.1. The molecule has 1 aliphatic rings. The van der Waals surface area contributed by atoms with E-state index < -0.39 is 0 Å². The molecule has 0 aliphatic carbocycles. The third-order valence-corrected chi connectivity index (χ3v) is 5.69. The molecule has 1 aliphatic heterocycles. The molecule has 0 atom stereocenters. The molecule has 0 aromatic heterocycles. The first-order valence-electron chi connectivity index (χ1n) is 9.08. The monoisotopic (exact) mass is 413 g/mol. The molecule has 0 saturated carbocycles. The summed E-state index contributed by atoms with van der Waals surface area (Å²) in [6, 6.07) is 13.9. The predicted molar refractivity (Wildman–Crippen MR) is 119 cm³/mol. The van der Waals surface area contributed by atoms with E-state index in [4.69, 9.17) is 21.7 Å². The number of thioether (sulfide) groups is 1. The smallest absolute Gasteiger partial charge is 0.265 e. The molecule has 6 heteroatoms. The van der Waals surface area contributed by atoms with Crippen molar-refractivity contribution in [2.75, 3.05) is 20.3 Å². The number of hydrogen-bond acceptors (Lipinski definition) is 5. The quantitative estimate of drug-likeness (QED) is 0.364. The van der Waals surface area contributed by atoms with Crippen LogP contribution in [0.3, 0.4) is 0 Å². The first-order chi connectivity index (χ1) is 13.4. The lowest BCUT2D eigenvalue weighted by atomic mass is 10.1. The highest BCUT2D eigenvalue weighted by atomic mass is 32.2. The van der Waals surface area contributed by atoms with Gasteiger partial charge in [0, 0.05) is 19.0 Å². The number of thiocarbonyl (C=S) groups is 1. The maximum atomic E-state index is 12.2. The minimum atomic E-state index is -0.0772. The maximum absolute atomic E-state index is 12.2. The van der Waals surface area contributed by atoms with Gasteiger partial charge in [-0.1, -0.05) is 48.2 Å². The fourth-order valence-electron chi connectivity index (χ4n) is 2.87. The molecular formula is C22H23NO3S2. The zero-order valence-electron chi connectivity index (χ0n) is 16.2. The van der Waals surface area contributed by atoms with Gasteiger partial charge in [-0.15, -0.1) is 0 Å². The van der Waals surface area contributed by atoms with E-state index in [0.29, 0.717) is 22.4 Å². The number of amides is 1. The molecule has 1 saturated heterocycles. The number of para-hydroxylation sites is 1. The van der Waals surface area contributed by atoms with E-state index in [1.54, 1.807) is 7.05 Å². The summed E-state index contributed by atoms with van der Waals surface area (Å²) < 4.78 is 12.3. The average molecular weight is 414 g/mol. The van der Waals surface area contributed by atoms with Crippen LogP contribution in [-0.4, -0.2) is 35.4 Å². The molecule has 28 heavy (non-hydrogen) atoms. The Balaban J connectivity index is 1.55. The maximum Gasteiger partial charge on any atom is 0.265 e. The molecule has 2 aromatic carbocycles. The molecule has 0 spiro atoms. The highest BCUT2D eigenvalue weighted by Crippen LogP contribution is 2.33. The van der Waals surface area contributed by atoms with E-state index in [1.165, 1.54) is 27.8 Å². The molecule has 2 aromatic rings. The molecule has 0 unspecified atom stereocenters. The number of ether oxygens (including phenoxy) is 2. The van der Waals surface area contributed by atoms with Gasteiger partial charge in [0.2, 0.25) is 0 Å². The van der Waals surface area contributed by atoms with Gasteiger partial charge in [-0.2, -0.15) is 0 Å². The Kier molecular flexibility index (Phi) is 6.75. The average Bonchev–Trinajstić information content (AvgIpc) is 2.89. The third-order valence-electron chi connectivity index (χ3n) is 4.20. The Morgan fingerprint density at radius 3 is 2.43 bits per heavy atom. The number of nitrogens with zero attached hydrogens (tertiary/aromatic N) is 1. The molecular weight excluding hydrogens is 390 g/mol. The lowest BCUT2D eigenvalue weighted by Crippen LogP contribution is -2.22. The van der Waals surface area contributed by atoms with Crippen LogP contribution < -0.4 is 9.47 Å². The van der Waals surface area contributed by atoms with Crippen molar-refractivity contribution in [3.05, 3.63) is 64.1 Å². The highest BCUT2D eigenvalue weighted by molar-refractivity contribution is 8.26. The summed E-state index contributed by atoms with van der Waals surface area (Å²) >= 11 is 6.49. The van der Waals surface area contributed by atoms with Gasteiger partial charge in [-0.25, -0.2) is 0 Å². The van der Waals surface area contributed by atoms with Gasteiger partial charge in [-0.3, -0.25) is 9.69 Å². The van der Waals surface area contributed by atoms with Gasteiger partial charge in [0.1, 0.15) is 15.8 Å². The normalized spacial score (nSPS) is 15.4. The number of carbonyl (C=O) groups excluding carboxylic acids is 1. The first kappa shape index (κ1) is 20.4. The first-order valence-corrected chi connectivity index (χ1v) is 10.3. The standard InChI is InChI=1S/C22H23NO3S2/c1-15-11-16(2)13-18(12-15)25-9-6-10-26-19-8-5-4-7-17(19)14-20-21(24)23(3)22(27)28-20/h4-5,7-8,11-14H,6,9-10H2,1-3H3/b20-14-. The van der Waals surface area contributed by atoms with E-state index in [2.05, 4.69) is 19.9 Å². The largest absolute Gasteiger partial charge is 0.493 e. The van der Waals surface area contributed by atoms with Crippen molar-refractivity contribution in [2.24, 2.45) is 0 Å². The summed E-state index contributed by atoms with van der Waals surface area (Å²) in [6.07, 6.45) is 2.60. The number of hydrogen-bond donors (Lipinski definition) is 0. The summed E-state index contributed by atoms with van der Waals surface area (Å²) in [5.41, 5.74) is 3.25. The molecule has 1 heterocycles. The van der Waals surface area contributed by atoms with Crippen molar-refractivity contribution >= 4 is 40.3 Å². The molecule has 0 radical (unpaired) electrons. The summed E-state index contributed by atoms with van der Waals surface area (Å²) in [7, 11) is 1.69. The van der Waals surface area contributed by atoms with Crippen LogP contribution in [0.4, 0.5) is 0 Å². The highest BCUT2D eigenvalue weighted by Gasteiger charge is 2.28. The Morgan fingerprint density at radius 1 is 1.07 bits per heavy atom. The Labute approximate surface area is 175 Å². The van der Waals surface area contributed by atoms with Crippen LogP contribution >= 0.6 is 24.0 Å². The SMILES string of the molecule is Cc1cc(C)cc(OCCCOc2ccccc2/C=C2\SC(=S)N(C)C2=O)c1. The number of rotatable bonds is 7. The third kappa shape index (κ3) is 5.14. The van der Waals surface area contributed by atoms with Gasteiger partial charge in [0.15, 0.2) is 0 Å². The van der Waals surface area contributed by atoms with Crippen LogP contribution in [0.15, 0.2) is 47.4 Å². The second-order valence-electron chi connectivity index (χ2n) is 6.65. The topological polar surface area (TPSA) is 38.8 Å². The molecule has 0 N–H and O–H groups in total. The van der Waals surface area contributed by atoms with Crippen LogP contribution in [-0.2, 0) is 4.79 Å². The van der Waals surface area contributed by atoms with Crippen molar-refractivity contribution in [1.29, 1.82) is 0 Å². The van der Waals surface area contributed by atoms with E-state index in [-0.39, 0.29) is 5.91 Å². The Bertz CT molecular complexity index is 903. The van der Waals surface area contributed by atoms with Crippen molar-refractivity contribution < 1.29 is 14.3 Å². The van der Waals surface area contributed by atoms with Crippen LogP contribution in [0, 0.1) is 13.8 Å². The molecule has 1 fully saturated rings. The number of benzene rings is 2. The minimum Gasteiger partial charge on any atom is -0.493 e. The Hall–Kier alpha value is -2.31. The van der Waals surface area contributed by atoms with Crippen LogP contribution in [0.2, 0.25) is 0 Å². The lowest BCUT2D eigenvalue weighted by molar-refractivity contribution is -0.121. The zero-order valence-corrected chi connectivity index (χ0v) is 17.9. The summed E-state index contributed by atoms with van der Waals surface area (Å²) in [5.74, 6) is 1.56. The van der Waals surface area contributed by atoms with Gasteiger partial charge >= 0.3 is 0 Å². The summed E-state index contributed by atoms with van der Waals surface area (Å²) in [6.45, 7) is 5.24. The lowest BCUT2D eigenvalue weighted by Gasteiger charge is -2.11. The fraction of sp³-hybridized carbons (Fsp3) is 0.273. The fourth-order valence-corrected chi connectivity index (χ4v) is 4.04. The van der Waals surface area contributed by atoms with Crippen molar-refractivity contribution in [1.82, 2.24) is 4.90 Å². The van der Waals surface area contributed by atoms with Crippen LogP contribution in [0.5, 0.6) is 11.5 Å². The number of carbonyl (C=O) groups is 1. The molecule has 146 valence electrons. The summed E-state index contributed by atoms with van der Waals surface area (Å²) in [5, 5.41) is 0. The van der Waals surface area contributed by atoms with Gasteiger partial charge < -0.3 is 9.47 Å².